The molecule has 2 heterocycles. The first kappa shape index (κ1) is 9.44. The summed E-state index contributed by atoms with van der Waals surface area (Å²) < 4.78 is 5.37. The first-order valence-corrected chi connectivity index (χ1v) is 5.35. The molecule has 13 heavy (non-hydrogen) atoms. The molecule has 2 N–H and O–H groups in total. The van der Waals surface area contributed by atoms with Crippen molar-refractivity contribution in [2.45, 2.75) is 37.8 Å². The number of hydrogen-bond acceptors (Lipinski definition) is 3. The normalized spacial score (nSPS) is 33.5. The zero-order valence-corrected chi connectivity index (χ0v) is 8.44. The van der Waals surface area contributed by atoms with Gasteiger partial charge in [-0.2, -0.15) is 0 Å². The predicted octanol–water partition coefficient (Wildman–Crippen LogP) is 0.507. The third-order valence-electron chi connectivity index (χ3n) is 3.21. The van der Waals surface area contributed by atoms with E-state index in [-0.39, 0.29) is 0 Å². The van der Waals surface area contributed by atoms with Gasteiger partial charge in [-0.15, -0.1) is 0 Å². The molecule has 2 rings (SSSR count). The molecule has 0 bridgehead atoms. The molecule has 1 atom stereocenters. The highest BCUT2D eigenvalue weighted by atomic mass is 16.5. The van der Waals surface area contributed by atoms with Crippen molar-refractivity contribution in [2.75, 3.05) is 26.3 Å². The molecule has 0 spiro atoms. The van der Waals surface area contributed by atoms with E-state index in [0.29, 0.717) is 11.6 Å². The van der Waals surface area contributed by atoms with E-state index >= 15 is 0 Å². The Morgan fingerprint density at radius 2 is 2.15 bits per heavy atom. The SMILES string of the molecule is CC1(NC2CCNC2)CCOCC1. The van der Waals surface area contributed by atoms with Crippen LogP contribution in [0.2, 0.25) is 0 Å². The topological polar surface area (TPSA) is 33.3 Å². The largest absolute Gasteiger partial charge is 0.381 e. The van der Waals surface area contributed by atoms with Crippen molar-refractivity contribution in [1.29, 1.82) is 0 Å². The summed E-state index contributed by atoms with van der Waals surface area (Å²) >= 11 is 0. The molecule has 0 radical (unpaired) electrons. The molecule has 2 aliphatic heterocycles. The lowest BCUT2D eigenvalue weighted by Gasteiger charge is -2.37. The van der Waals surface area contributed by atoms with Crippen LogP contribution in [0, 0.1) is 0 Å². The second-order valence-corrected chi connectivity index (χ2v) is 4.51. The fourth-order valence-corrected chi connectivity index (χ4v) is 2.24. The lowest BCUT2D eigenvalue weighted by molar-refractivity contribution is 0.0414. The molecule has 0 amide bonds. The van der Waals surface area contributed by atoms with E-state index in [1.54, 1.807) is 0 Å². The van der Waals surface area contributed by atoms with Gasteiger partial charge in [0.1, 0.15) is 0 Å². The Balaban J connectivity index is 1.83. The number of ether oxygens (including phenoxy) is 1. The van der Waals surface area contributed by atoms with Crippen LogP contribution in [0.15, 0.2) is 0 Å². The maximum atomic E-state index is 5.37. The maximum absolute atomic E-state index is 5.37. The molecular weight excluding hydrogens is 164 g/mol. The molecule has 0 aliphatic carbocycles. The monoisotopic (exact) mass is 184 g/mol. The van der Waals surface area contributed by atoms with Crippen LogP contribution in [-0.4, -0.2) is 37.9 Å². The summed E-state index contributed by atoms with van der Waals surface area (Å²) in [4.78, 5) is 0. The van der Waals surface area contributed by atoms with Gasteiger partial charge < -0.3 is 15.4 Å². The van der Waals surface area contributed by atoms with Gasteiger partial charge >= 0.3 is 0 Å². The van der Waals surface area contributed by atoms with Crippen LogP contribution in [0.4, 0.5) is 0 Å². The van der Waals surface area contributed by atoms with Gasteiger partial charge in [0.2, 0.25) is 0 Å². The van der Waals surface area contributed by atoms with Crippen molar-refractivity contribution in [1.82, 2.24) is 10.6 Å². The van der Waals surface area contributed by atoms with Gasteiger partial charge in [-0.05, 0) is 32.7 Å². The van der Waals surface area contributed by atoms with Gasteiger partial charge in [0.15, 0.2) is 0 Å². The first-order valence-electron chi connectivity index (χ1n) is 5.35. The highest BCUT2D eigenvalue weighted by Crippen LogP contribution is 2.21. The molecule has 0 aromatic carbocycles. The second-order valence-electron chi connectivity index (χ2n) is 4.51. The highest BCUT2D eigenvalue weighted by Gasteiger charge is 2.30. The van der Waals surface area contributed by atoms with E-state index in [9.17, 15) is 0 Å². The second kappa shape index (κ2) is 3.95. The minimum absolute atomic E-state index is 0.328. The van der Waals surface area contributed by atoms with E-state index in [1.165, 1.54) is 13.0 Å². The van der Waals surface area contributed by atoms with Crippen molar-refractivity contribution in [2.24, 2.45) is 0 Å². The third-order valence-corrected chi connectivity index (χ3v) is 3.21. The molecule has 3 nitrogen and oxygen atoms in total. The summed E-state index contributed by atoms with van der Waals surface area (Å²) in [5.74, 6) is 0. The highest BCUT2D eigenvalue weighted by molar-refractivity contribution is 4.91. The predicted molar refractivity (Wildman–Crippen MR) is 52.9 cm³/mol. The van der Waals surface area contributed by atoms with Crippen LogP contribution in [0.1, 0.15) is 26.2 Å². The van der Waals surface area contributed by atoms with Gasteiger partial charge in [0.05, 0.1) is 0 Å². The fraction of sp³-hybridized carbons (Fsp3) is 1.00. The first-order chi connectivity index (χ1) is 6.29. The molecule has 2 aliphatic rings. The van der Waals surface area contributed by atoms with Crippen molar-refractivity contribution in [3.63, 3.8) is 0 Å². The molecule has 2 saturated heterocycles. The minimum atomic E-state index is 0.328. The molecule has 1 unspecified atom stereocenters. The molecule has 76 valence electrons. The summed E-state index contributed by atoms with van der Waals surface area (Å²) in [5, 5.41) is 7.14. The van der Waals surface area contributed by atoms with Crippen molar-refractivity contribution >= 4 is 0 Å². The number of nitrogens with one attached hydrogen (secondary N) is 2. The molecule has 0 saturated carbocycles. The smallest absolute Gasteiger partial charge is 0.0483 e. The Labute approximate surface area is 80.2 Å². The average Bonchev–Trinajstić information content (AvgIpc) is 2.57. The number of rotatable bonds is 2. The van der Waals surface area contributed by atoms with Crippen molar-refractivity contribution < 1.29 is 4.74 Å². The lowest BCUT2D eigenvalue weighted by Crippen LogP contribution is -2.52. The Bertz CT molecular complexity index is 160. The van der Waals surface area contributed by atoms with Crippen molar-refractivity contribution in [3.8, 4) is 0 Å². The molecule has 2 fully saturated rings. The quantitative estimate of drug-likeness (QED) is 0.656. The molecular formula is C10H20N2O. The summed E-state index contributed by atoms with van der Waals surface area (Å²) in [7, 11) is 0. The lowest BCUT2D eigenvalue weighted by atomic mass is 9.91. The van der Waals surface area contributed by atoms with E-state index in [2.05, 4.69) is 17.6 Å². The maximum Gasteiger partial charge on any atom is 0.0483 e. The van der Waals surface area contributed by atoms with Gasteiger partial charge in [-0.1, -0.05) is 0 Å². The van der Waals surface area contributed by atoms with E-state index < -0.39 is 0 Å². The zero-order valence-electron chi connectivity index (χ0n) is 8.44. The average molecular weight is 184 g/mol. The van der Waals surface area contributed by atoms with Crippen molar-refractivity contribution in [3.05, 3.63) is 0 Å². The van der Waals surface area contributed by atoms with Gasteiger partial charge in [-0.25, -0.2) is 0 Å². The van der Waals surface area contributed by atoms with E-state index in [0.717, 1.165) is 32.6 Å². The van der Waals surface area contributed by atoms with Crippen LogP contribution in [0.25, 0.3) is 0 Å². The summed E-state index contributed by atoms with van der Waals surface area (Å²) in [6.45, 7) is 6.47. The Hall–Kier alpha value is -0.120. The van der Waals surface area contributed by atoms with Crippen LogP contribution in [-0.2, 0) is 4.74 Å². The Kier molecular flexibility index (Phi) is 2.86. The standard InChI is InChI=1S/C10H20N2O/c1-10(3-6-13-7-4-10)12-9-2-5-11-8-9/h9,11-12H,2-8H2,1H3. The molecule has 0 aromatic rings. The molecule has 0 aromatic heterocycles. The zero-order chi connectivity index (χ0) is 9.15. The summed E-state index contributed by atoms with van der Waals surface area (Å²) in [6, 6.07) is 0.683. The van der Waals surface area contributed by atoms with Gasteiger partial charge in [0, 0.05) is 31.3 Å². The summed E-state index contributed by atoms with van der Waals surface area (Å²) in [5.41, 5.74) is 0.328. The summed E-state index contributed by atoms with van der Waals surface area (Å²) in [6.07, 6.45) is 3.59. The molecule has 3 heteroatoms. The Morgan fingerprint density at radius 1 is 1.38 bits per heavy atom. The Morgan fingerprint density at radius 3 is 2.77 bits per heavy atom. The van der Waals surface area contributed by atoms with Gasteiger partial charge in [0.25, 0.3) is 0 Å². The van der Waals surface area contributed by atoms with Crippen LogP contribution < -0.4 is 10.6 Å². The van der Waals surface area contributed by atoms with E-state index in [4.69, 9.17) is 4.74 Å². The van der Waals surface area contributed by atoms with Crippen LogP contribution in [0.5, 0.6) is 0 Å². The number of hydrogen-bond donors (Lipinski definition) is 2. The van der Waals surface area contributed by atoms with Crippen LogP contribution >= 0.6 is 0 Å². The van der Waals surface area contributed by atoms with Crippen LogP contribution in [0.3, 0.4) is 0 Å². The fourth-order valence-electron chi connectivity index (χ4n) is 2.24. The minimum Gasteiger partial charge on any atom is -0.381 e. The third kappa shape index (κ3) is 2.42. The van der Waals surface area contributed by atoms with E-state index in [1.807, 2.05) is 0 Å². The van der Waals surface area contributed by atoms with Gasteiger partial charge in [-0.3, -0.25) is 0 Å².